The molecule has 2 heteroatoms. The molecular formula is C8H6Cl2. The van der Waals surface area contributed by atoms with E-state index in [9.17, 15) is 0 Å². The maximum Gasteiger partial charge on any atom is 0.0406 e. The fourth-order valence-electron chi connectivity index (χ4n) is 0.546. The largest absolute Gasteiger partial charge is 0.147 e. The van der Waals surface area contributed by atoms with Gasteiger partial charge in [-0.15, -0.1) is 18.8 Å². The van der Waals surface area contributed by atoms with Crippen LogP contribution in [-0.2, 0) is 0 Å². The van der Waals surface area contributed by atoms with E-state index in [1.54, 1.807) is 12.1 Å². The Morgan fingerprint density at radius 2 is 1.70 bits per heavy atom. The molecule has 0 aromatic heterocycles. The summed E-state index contributed by atoms with van der Waals surface area (Å²) in [7, 11) is 0. The fourth-order valence-corrected chi connectivity index (χ4v) is 0.672. The van der Waals surface area contributed by atoms with Gasteiger partial charge in [-0.2, -0.15) is 0 Å². The van der Waals surface area contributed by atoms with Crippen molar-refractivity contribution in [1.82, 2.24) is 0 Å². The van der Waals surface area contributed by atoms with Crippen LogP contribution in [-0.4, -0.2) is 0 Å². The molecule has 0 N–H and O–H groups in total. The van der Waals surface area contributed by atoms with Gasteiger partial charge in [0.1, 0.15) is 0 Å². The SMILES string of the molecule is C#Cc1ccc(Cl)cc1.Cl. The van der Waals surface area contributed by atoms with Crippen LogP contribution < -0.4 is 0 Å². The molecule has 0 aliphatic carbocycles. The summed E-state index contributed by atoms with van der Waals surface area (Å²) in [6, 6.07) is 7.16. The van der Waals surface area contributed by atoms with Gasteiger partial charge in [0, 0.05) is 10.6 Å². The van der Waals surface area contributed by atoms with Gasteiger partial charge in [-0.3, -0.25) is 0 Å². The molecule has 0 unspecified atom stereocenters. The lowest BCUT2D eigenvalue weighted by Crippen LogP contribution is -1.69. The first-order chi connectivity index (χ1) is 4.33. The topological polar surface area (TPSA) is 0 Å². The second kappa shape index (κ2) is 4.22. The molecule has 1 rings (SSSR count). The van der Waals surface area contributed by atoms with Crippen LogP contribution in [0.3, 0.4) is 0 Å². The first kappa shape index (κ1) is 9.36. The summed E-state index contributed by atoms with van der Waals surface area (Å²) >= 11 is 5.60. The Hall–Kier alpha value is -0.640. The van der Waals surface area contributed by atoms with E-state index in [-0.39, 0.29) is 12.4 Å². The maximum absolute atomic E-state index is 5.60. The van der Waals surface area contributed by atoms with Crippen LogP contribution >= 0.6 is 24.0 Å². The minimum absolute atomic E-state index is 0. The number of hydrogen-bond donors (Lipinski definition) is 0. The fraction of sp³-hybridized carbons (Fsp3) is 0. The van der Waals surface area contributed by atoms with Crippen molar-refractivity contribution in [1.29, 1.82) is 0 Å². The summed E-state index contributed by atoms with van der Waals surface area (Å²) in [6.45, 7) is 0. The van der Waals surface area contributed by atoms with Crippen molar-refractivity contribution in [3.05, 3.63) is 34.9 Å². The van der Waals surface area contributed by atoms with E-state index in [0.29, 0.717) is 5.02 Å². The zero-order chi connectivity index (χ0) is 6.69. The highest BCUT2D eigenvalue weighted by molar-refractivity contribution is 6.30. The second-order valence-corrected chi connectivity index (χ2v) is 2.09. The van der Waals surface area contributed by atoms with Crippen LogP contribution in [0.2, 0.25) is 5.02 Å². The summed E-state index contributed by atoms with van der Waals surface area (Å²) in [5, 5.41) is 0.717. The van der Waals surface area contributed by atoms with Crippen LogP contribution in [0.1, 0.15) is 5.56 Å². The van der Waals surface area contributed by atoms with Crippen molar-refractivity contribution >= 4 is 24.0 Å². The minimum Gasteiger partial charge on any atom is -0.147 e. The van der Waals surface area contributed by atoms with Crippen LogP contribution in [0.25, 0.3) is 0 Å². The number of hydrogen-bond acceptors (Lipinski definition) is 0. The molecule has 0 saturated heterocycles. The minimum atomic E-state index is 0. The van der Waals surface area contributed by atoms with Crippen molar-refractivity contribution in [2.45, 2.75) is 0 Å². The van der Waals surface area contributed by atoms with Crippen molar-refractivity contribution in [3.8, 4) is 12.3 Å². The van der Waals surface area contributed by atoms with E-state index in [2.05, 4.69) is 5.92 Å². The Labute approximate surface area is 71.6 Å². The predicted molar refractivity (Wildman–Crippen MR) is 46.6 cm³/mol. The van der Waals surface area contributed by atoms with Crippen molar-refractivity contribution in [2.24, 2.45) is 0 Å². The molecule has 0 nitrogen and oxygen atoms in total. The van der Waals surface area contributed by atoms with Crippen LogP contribution in [0.15, 0.2) is 24.3 Å². The molecule has 0 heterocycles. The van der Waals surface area contributed by atoms with Crippen LogP contribution in [0.4, 0.5) is 0 Å². The van der Waals surface area contributed by atoms with Crippen LogP contribution in [0, 0.1) is 12.3 Å². The molecule has 0 bridgehead atoms. The Balaban J connectivity index is 0.000000810. The normalized spacial score (nSPS) is 7.60. The Bertz CT molecular complexity index is 230. The van der Waals surface area contributed by atoms with Crippen molar-refractivity contribution in [3.63, 3.8) is 0 Å². The smallest absolute Gasteiger partial charge is 0.0406 e. The Morgan fingerprint density at radius 3 is 2.10 bits per heavy atom. The second-order valence-electron chi connectivity index (χ2n) is 1.65. The molecule has 10 heavy (non-hydrogen) atoms. The van der Waals surface area contributed by atoms with Gasteiger partial charge in [0.2, 0.25) is 0 Å². The highest BCUT2D eigenvalue weighted by atomic mass is 35.5. The Kier molecular flexibility index (Phi) is 3.95. The molecule has 0 saturated carbocycles. The van der Waals surface area contributed by atoms with Gasteiger partial charge < -0.3 is 0 Å². The predicted octanol–water partition coefficient (Wildman–Crippen LogP) is 2.74. The highest BCUT2D eigenvalue weighted by Crippen LogP contribution is 2.07. The van der Waals surface area contributed by atoms with Gasteiger partial charge in [-0.25, -0.2) is 0 Å². The van der Waals surface area contributed by atoms with E-state index in [1.807, 2.05) is 12.1 Å². The molecule has 52 valence electrons. The van der Waals surface area contributed by atoms with Gasteiger partial charge in [0.15, 0.2) is 0 Å². The number of rotatable bonds is 0. The average molecular weight is 173 g/mol. The third-order valence-electron chi connectivity index (χ3n) is 1.01. The zero-order valence-corrected chi connectivity index (χ0v) is 6.75. The molecule has 0 radical (unpaired) electrons. The van der Waals surface area contributed by atoms with E-state index in [0.717, 1.165) is 5.56 Å². The first-order valence-electron chi connectivity index (χ1n) is 2.55. The molecule has 0 spiro atoms. The third kappa shape index (κ3) is 2.31. The van der Waals surface area contributed by atoms with Gasteiger partial charge in [0.25, 0.3) is 0 Å². The molecule has 0 fully saturated rings. The lowest BCUT2D eigenvalue weighted by atomic mass is 10.2. The molecule has 0 aliphatic rings. The summed E-state index contributed by atoms with van der Waals surface area (Å²) in [4.78, 5) is 0. The van der Waals surface area contributed by atoms with Crippen molar-refractivity contribution in [2.75, 3.05) is 0 Å². The molecule has 1 aromatic rings. The van der Waals surface area contributed by atoms with Gasteiger partial charge >= 0.3 is 0 Å². The maximum atomic E-state index is 5.60. The number of terminal acetylenes is 1. The first-order valence-corrected chi connectivity index (χ1v) is 2.93. The molecule has 0 amide bonds. The third-order valence-corrected chi connectivity index (χ3v) is 1.26. The summed E-state index contributed by atoms with van der Waals surface area (Å²) in [6.07, 6.45) is 5.11. The summed E-state index contributed by atoms with van der Waals surface area (Å²) in [5.74, 6) is 2.50. The highest BCUT2D eigenvalue weighted by Gasteiger charge is 1.84. The summed E-state index contributed by atoms with van der Waals surface area (Å²) in [5.41, 5.74) is 0.861. The number of benzene rings is 1. The van der Waals surface area contributed by atoms with Crippen LogP contribution in [0.5, 0.6) is 0 Å². The number of halogens is 2. The van der Waals surface area contributed by atoms with E-state index in [4.69, 9.17) is 18.0 Å². The summed E-state index contributed by atoms with van der Waals surface area (Å²) < 4.78 is 0. The monoisotopic (exact) mass is 172 g/mol. The standard InChI is InChI=1S/C8H5Cl.ClH/c1-2-7-3-5-8(9)6-4-7;/h1,3-6H;1H. The molecular weight excluding hydrogens is 167 g/mol. The van der Waals surface area contributed by atoms with Gasteiger partial charge in [0.05, 0.1) is 0 Å². The van der Waals surface area contributed by atoms with Gasteiger partial charge in [-0.05, 0) is 24.3 Å². The lowest BCUT2D eigenvalue weighted by molar-refractivity contribution is 1.65. The quantitative estimate of drug-likeness (QED) is 0.529. The van der Waals surface area contributed by atoms with Crippen molar-refractivity contribution < 1.29 is 0 Å². The average Bonchev–Trinajstić information content (AvgIpc) is 1.90. The van der Waals surface area contributed by atoms with E-state index >= 15 is 0 Å². The van der Waals surface area contributed by atoms with Gasteiger partial charge in [-0.1, -0.05) is 17.5 Å². The van der Waals surface area contributed by atoms with E-state index in [1.165, 1.54) is 0 Å². The van der Waals surface area contributed by atoms with E-state index < -0.39 is 0 Å². The molecule has 0 aliphatic heterocycles. The lowest BCUT2D eigenvalue weighted by Gasteiger charge is -1.87. The Morgan fingerprint density at radius 1 is 1.20 bits per heavy atom. The zero-order valence-electron chi connectivity index (χ0n) is 5.17. The molecule has 0 atom stereocenters. The molecule has 1 aromatic carbocycles.